The molecule has 7 heteroatoms. The molecule has 0 fully saturated rings. The minimum atomic E-state index is -0.428. The van der Waals surface area contributed by atoms with E-state index < -0.39 is 5.97 Å². The number of aromatic nitrogens is 3. The Morgan fingerprint density at radius 1 is 1.33 bits per heavy atom. The van der Waals surface area contributed by atoms with Crippen LogP contribution >= 0.6 is 11.3 Å². The van der Waals surface area contributed by atoms with Gasteiger partial charge in [0.05, 0.1) is 10.9 Å². The van der Waals surface area contributed by atoms with E-state index in [4.69, 9.17) is 4.74 Å². The van der Waals surface area contributed by atoms with Crippen molar-refractivity contribution in [3.8, 4) is 0 Å². The van der Waals surface area contributed by atoms with E-state index in [1.807, 2.05) is 35.9 Å². The van der Waals surface area contributed by atoms with Crippen LogP contribution in [0.4, 0.5) is 0 Å². The number of esters is 1. The number of para-hydroxylation sites is 1. The van der Waals surface area contributed by atoms with Gasteiger partial charge in [0.15, 0.2) is 0 Å². The highest BCUT2D eigenvalue weighted by Crippen LogP contribution is 2.34. The summed E-state index contributed by atoms with van der Waals surface area (Å²) in [6.45, 7) is -0.0597. The molecule has 0 saturated carbocycles. The Kier molecular flexibility index (Phi) is 3.65. The molecule has 1 aromatic carbocycles. The molecule has 0 unspecified atom stereocenters. The number of nitrogens with zero attached hydrogens (tertiary/aromatic N) is 2. The minimum Gasteiger partial charge on any atom is -0.454 e. The maximum Gasteiger partial charge on any atom is 0.340 e. The Labute approximate surface area is 158 Å². The van der Waals surface area contributed by atoms with Crippen molar-refractivity contribution in [1.82, 2.24) is 14.5 Å². The Balaban J connectivity index is 1.42. The lowest BCUT2D eigenvalue weighted by atomic mass is 10.2. The van der Waals surface area contributed by atoms with Gasteiger partial charge in [0.25, 0.3) is 5.56 Å². The lowest BCUT2D eigenvalue weighted by Gasteiger charge is -2.04. The normalized spacial score (nSPS) is 13.4. The number of hydrogen-bond acceptors (Lipinski definition) is 5. The first-order chi connectivity index (χ1) is 13.1. The van der Waals surface area contributed by atoms with Gasteiger partial charge in [-0.15, -0.1) is 11.3 Å². The van der Waals surface area contributed by atoms with Crippen LogP contribution in [-0.4, -0.2) is 20.5 Å². The summed E-state index contributed by atoms with van der Waals surface area (Å²) in [5.41, 5.74) is 2.47. The molecule has 0 radical (unpaired) electrons. The van der Waals surface area contributed by atoms with Gasteiger partial charge in [0.1, 0.15) is 17.3 Å². The van der Waals surface area contributed by atoms with Gasteiger partial charge in [-0.25, -0.2) is 9.78 Å². The number of rotatable bonds is 3. The molecule has 3 heterocycles. The van der Waals surface area contributed by atoms with Gasteiger partial charge >= 0.3 is 5.97 Å². The molecule has 27 heavy (non-hydrogen) atoms. The van der Waals surface area contributed by atoms with Crippen LogP contribution in [-0.2, 0) is 31.2 Å². The number of ether oxygens (including phenoxy) is 1. The van der Waals surface area contributed by atoms with Crippen molar-refractivity contribution in [1.29, 1.82) is 0 Å². The zero-order valence-electron chi connectivity index (χ0n) is 14.7. The molecule has 0 spiro atoms. The molecule has 0 bridgehead atoms. The number of aryl methyl sites for hydroxylation is 3. The molecule has 0 aliphatic heterocycles. The maximum absolute atomic E-state index is 12.6. The Bertz CT molecular complexity index is 1260. The van der Waals surface area contributed by atoms with Crippen molar-refractivity contribution in [3.63, 3.8) is 0 Å². The second-order valence-corrected chi connectivity index (χ2v) is 7.88. The van der Waals surface area contributed by atoms with Crippen molar-refractivity contribution in [2.75, 3.05) is 0 Å². The Morgan fingerprint density at radius 2 is 2.19 bits per heavy atom. The summed E-state index contributed by atoms with van der Waals surface area (Å²) in [6, 6.07) is 7.67. The zero-order valence-corrected chi connectivity index (χ0v) is 15.6. The molecule has 5 rings (SSSR count). The fourth-order valence-electron chi connectivity index (χ4n) is 3.83. The van der Waals surface area contributed by atoms with Crippen molar-refractivity contribution in [2.45, 2.75) is 25.9 Å². The van der Waals surface area contributed by atoms with E-state index in [1.54, 1.807) is 17.5 Å². The Morgan fingerprint density at radius 3 is 3.07 bits per heavy atom. The van der Waals surface area contributed by atoms with Gasteiger partial charge in [-0.1, -0.05) is 18.2 Å². The average molecular weight is 379 g/mol. The summed E-state index contributed by atoms with van der Waals surface area (Å²) in [4.78, 5) is 34.3. The number of carbonyl (C=O) groups is 1. The summed E-state index contributed by atoms with van der Waals surface area (Å²) in [5, 5.41) is 1.55. The summed E-state index contributed by atoms with van der Waals surface area (Å²) in [7, 11) is 1.89. The first kappa shape index (κ1) is 16.3. The first-order valence-corrected chi connectivity index (χ1v) is 9.68. The Hall–Kier alpha value is -2.93. The number of thiophene rings is 1. The molecule has 0 atom stereocenters. The molecular formula is C20H17N3O3S. The van der Waals surface area contributed by atoms with Crippen LogP contribution in [0.5, 0.6) is 0 Å². The van der Waals surface area contributed by atoms with Crippen LogP contribution in [0.25, 0.3) is 21.1 Å². The highest BCUT2D eigenvalue weighted by Gasteiger charge is 2.21. The van der Waals surface area contributed by atoms with Gasteiger partial charge < -0.3 is 14.3 Å². The number of H-pyrrole nitrogens is 1. The van der Waals surface area contributed by atoms with Crippen LogP contribution in [0.2, 0.25) is 0 Å². The quantitative estimate of drug-likeness (QED) is 0.554. The smallest absolute Gasteiger partial charge is 0.340 e. The third-order valence-electron chi connectivity index (χ3n) is 5.08. The lowest BCUT2D eigenvalue weighted by Crippen LogP contribution is -2.14. The third kappa shape index (κ3) is 2.57. The minimum absolute atomic E-state index is 0.0597. The number of nitrogens with one attached hydrogen (secondary N) is 1. The summed E-state index contributed by atoms with van der Waals surface area (Å²) in [5.74, 6) is -0.0516. The summed E-state index contributed by atoms with van der Waals surface area (Å²) >= 11 is 1.58. The molecule has 0 amide bonds. The lowest BCUT2D eigenvalue weighted by molar-refractivity contribution is 0.0464. The second kappa shape index (κ2) is 6.06. The maximum atomic E-state index is 12.6. The van der Waals surface area contributed by atoms with Gasteiger partial charge in [0.2, 0.25) is 0 Å². The number of aromatic amines is 1. The third-order valence-corrected chi connectivity index (χ3v) is 6.27. The predicted octanol–water partition coefficient (Wildman–Crippen LogP) is 3.32. The predicted molar refractivity (Wildman–Crippen MR) is 104 cm³/mol. The van der Waals surface area contributed by atoms with E-state index in [9.17, 15) is 9.59 Å². The van der Waals surface area contributed by atoms with E-state index in [-0.39, 0.29) is 12.2 Å². The average Bonchev–Trinajstić information content (AvgIpc) is 3.33. The topological polar surface area (TPSA) is 77.0 Å². The van der Waals surface area contributed by atoms with Crippen molar-refractivity contribution < 1.29 is 9.53 Å². The van der Waals surface area contributed by atoms with Gasteiger partial charge in [-0.05, 0) is 30.9 Å². The highest BCUT2D eigenvalue weighted by atomic mass is 32.1. The number of benzene rings is 1. The van der Waals surface area contributed by atoms with Crippen LogP contribution < -0.4 is 5.56 Å². The molecule has 136 valence electrons. The van der Waals surface area contributed by atoms with E-state index in [0.29, 0.717) is 16.8 Å². The highest BCUT2D eigenvalue weighted by molar-refractivity contribution is 7.18. The molecule has 1 aliphatic rings. The standard InChI is InChI=1S/C20H17N3O3S/c1-23-9-13(11-5-2-3-7-14(11)23)20(25)26-10-16-21-18(24)17-12-6-4-8-15(12)27-19(17)22-16/h2-3,5,7,9H,4,6,8,10H2,1H3,(H,21,22,24). The van der Waals surface area contributed by atoms with Crippen LogP contribution in [0, 0.1) is 0 Å². The monoisotopic (exact) mass is 379 g/mol. The number of hydrogen-bond donors (Lipinski definition) is 1. The van der Waals surface area contributed by atoms with Crippen LogP contribution in [0.15, 0.2) is 35.3 Å². The largest absolute Gasteiger partial charge is 0.454 e. The number of fused-ring (bicyclic) bond motifs is 4. The molecule has 0 saturated heterocycles. The molecule has 6 nitrogen and oxygen atoms in total. The van der Waals surface area contributed by atoms with Crippen LogP contribution in [0.3, 0.4) is 0 Å². The van der Waals surface area contributed by atoms with Crippen molar-refractivity contribution in [3.05, 3.63) is 62.6 Å². The van der Waals surface area contributed by atoms with E-state index in [0.717, 1.165) is 40.6 Å². The summed E-state index contributed by atoms with van der Waals surface area (Å²) in [6.07, 6.45) is 4.81. The zero-order chi connectivity index (χ0) is 18.5. The molecular weight excluding hydrogens is 362 g/mol. The second-order valence-electron chi connectivity index (χ2n) is 6.80. The fourth-order valence-corrected chi connectivity index (χ4v) is 5.11. The van der Waals surface area contributed by atoms with Crippen molar-refractivity contribution in [2.24, 2.45) is 7.05 Å². The van der Waals surface area contributed by atoms with Crippen LogP contribution in [0.1, 0.15) is 33.0 Å². The SMILES string of the molecule is Cn1cc(C(=O)OCc2nc3sc4c(c3c(=O)[nH]2)CCC4)c2ccccc21. The number of carbonyl (C=O) groups excluding carboxylic acids is 1. The first-order valence-electron chi connectivity index (χ1n) is 8.86. The van der Waals surface area contributed by atoms with Crippen molar-refractivity contribution >= 4 is 38.4 Å². The van der Waals surface area contributed by atoms with Gasteiger partial charge in [-0.2, -0.15) is 0 Å². The van der Waals surface area contributed by atoms with E-state index in [2.05, 4.69) is 9.97 Å². The van der Waals surface area contributed by atoms with E-state index >= 15 is 0 Å². The molecule has 1 aliphatic carbocycles. The van der Waals surface area contributed by atoms with Gasteiger partial charge in [-0.3, -0.25) is 4.79 Å². The summed E-state index contributed by atoms with van der Waals surface area (Å²) < 4.78 is 7.33. The molecule has 4 aromatic rings. The molecule has 1 N–H and O–H groups in total. The fraction of sp³-hybridized carbons (Fsp3) is 0.250. The molecule has 3 aromatic heterocycles. The van der Waals surface area contributed by atoms with E-state index in [1.165, 1.54) is 4.88 Å². The van der Waals surface area contributed by atoms with Gasteiger partial charge in [0, 0.05) is 29.0 Å².